The molecule has 0 saturated carbocycles. The Labute approximate surface area is 292 Å². The first-order chi connectivity index (χ1) is 23.6. The highest BCUT2D eigenvalue weighted by Crippen LogP contribution is 2.31. The number of nitrogens with one attached hydrogen (secondary N) is 3. The molecule has 1 saturated heterocycles. The number of ether oxygens (including phenoxy) is 5. The van der Waals surface area contributed by atoms with Gasteiger partial charge in [-0.2, -0.15) is 9.97 Å². The number of alkyl halides is 1. The summed E-state index contributed by atoms with van der Waals surface area (Å²) in [6.45, 7) is 14.8. The summed E-state index contributed by atoms with van der Waals surface area (Å²) in [5.74, 6) is 0.982. The first kappa shape index (κ1) is 38.6. The van der Waals surface area contributed by atoms with E-state index < -0.39 is 38.1 Å². The lowest BCUT2D eigenvalue weighted by molar-refractivity contribution is 0.0446. The number of imidazole rings is 1. The molecule has 3 aromatic heterocycles. The van der Waals surface area contributed by atoms with Crippen molar-refractivity contribution < 1.29 is 37.7 Å². The average molecular weight is 723 g/mol. The van der Waals surface area contributed by atoms with Gasteiger partial charge in [-0.15, -0.1) is 5.10 Å². The molecule has 50 heavy (non-hydrogen) atoms. The van der Waals surface area contributed by atoms with E-state index in [1.165, 1.54) is 7.11 Å². The van der Waals surface area contributed by atoms with Crippen LogP contribution in [0.25, 0.3) is 11.2 Å². The van der Waals surface area contributed by atoms with Gasteiger partial charge in [0.1, 0.15) is 17.5 Å². The van der Waals surface area contributed by atoms with E-state index in [0.717, 1.165) is 6.04 Å². The van der Waals surface area contributed by atoms with Crippen LogP contribution in [0.2, 0.25) is 25.7 Å². The summed E-state index contributed by atoms with van der Waals surface area (Å²) >= 11 is 0. The van der Waals surface area contributed by atoms with Crippen LogP contribution in [0.4, 0.5) is 31.4 Å². The van der Waals surface area contributed by atoms with Gasteiger partial charge in [-0.1, -0.05) is 19.6 Å². The van der Waals surface area contributed by atoms with Crippen molar-refractivity contribution in [3.8, 4) is 5.88 Å². The highest BCUT2D eigenvalue weighted by molar-refractivity contribution is 6.76. The van der Waals surface area contributed by atoms with E-state index >= 15 is 4.39 Å². The molecular weight excluding hydrogens is 671 g/mol. The summed E-state index contributed by atoms with van der Waals surface area (Å²) in [7, 11) is 2.08. The van der Waals surface area contributed by atoms with E-state index in [9.17, 15) is 9.59 Å². The number of hydrogen-bond donors (Lipinski definition) is 3. The summed E-state index contributed by atoms with van der Waals surface area (Å²) in [4.78, 5) is 39.5. The number of halogens is 1. The Morgan fingerprint density at radius 2 is 1.78 bits per heavy atom. The van der Waals surface area contributed by atoms with E-state index in [1.54, 1.807) is 54.5 Å². The molecule has 0 aliphatic carbocycles. The monoisotopic (exact) mass is 722 g/mol. The van der Waals surface area contributed by atoms with Gasteiger partial charge in [0.2, 0.25) is 5.95 Å². The normalized spacial score (nSPS) is 16.5. The van der Waals surface area contributed by atoms with Gasteiger partial charge >= 0.3 is 12.2 Å². The lowest BCUT2D eigenvalue weighted by atomic mass is 10.2. The van der Waals surface area contributed by atoms with Crippen molar-refractivity contribution >= 4 is 48.9 Å². The second kappa shape index (κ2) is 17.1. The molecule has 0 spiro atoms. The number of carbonyl (C=O) groups is 2. The third-order valence-corrected chi connectivity index (χ3v) is 9.10. The van der Waals surface area contributed by atoms with Gasteiger partial charge < -0.3 is 49.1 Å². The fraction of sp³-hybridized carbons (Fsp3) is 0.677. The number of nitrogens with zero attached hydrogens (tertiary/aromatic N) is 7. The molecule has 0 unspecified atom stereocenters. The number of amides is 2. The van der Waals surface area contributed by atoms with Crippen molar-refractivity contribution in [1.82, 2.24) is 39.9 Å². The molecule has 2 atom stereocenters. The highest BCUT2D eigenvalue weighted by Gasteiger charge is 2.37. The number of anilines is 3. The molecule has 0 aromatic carbocycles. The molecule has 19 heteroatoms. The predicted octanol–water partition coefficient (Wildman–Crippen LogP) is 3.46. The van der Waals surface area contributed by atoms with Crippen LogP contribution in [-0.4, -0.2) is 127 Å². The highest BCUT2D eigenvalue weighted by atomic mass is 28.3. The minimum atomic E-state index is -1.35. The summed E-state index contributed by atoms with van der Waals surface area (Å²) < 4.78 is 45.7. The molecule has 3 N–H and O–H groups in total. The van der Waals surface area contributed by atoms with Crippen molar-refractivity contribution in [2.45, 2.75) is 70.8 Å². The van der Waals surface area contributed by atoms with Gasteiger partial charge in [-0.05, 0) is 26.8 Å². The molecular formula is C31H51FN10O7Si. The third-order valence-electron chi connectivity index (χ3n) is 7.39. The average Bonchev–Trinajstić information content (AvgIpc) is 3.71. The zero-order valence-corrected chi connectivity index (χ0v) is 31.2. The van der Waals surface area contributed by atoms with Crippen LogP contribution >= 0.6 is 0 Å². The minimum absolute atomic E-state index is 0.0139. The van der Waals surface area contributed by atoms with E-state index in [-0.39, 0.29) is 19.0 Å². The Kier molecular flexibility index (Phi) is 13.2. The molecule has 1 aliphatic rings. The molecule has 4 heterocycles. The Morgan fingerprint density at radius 1 is 1.04 bits per heavy atom. The summed E-state index contributed by atoms with van der Waals surface area (Å²) in [6, 6.07) is 0.132. The maximum atomic E-state index is 15.0. The summed E-state index contributed by atoms with van der Waals surface area (Å²) in [6.07, 6.45) is 0.912. The van der Waals surface area contributed by atoms with E-state index in [0.29, 0.717) is 74.7 Å². The SMILES string of the molecule is COc1nn(CCOCCOCCNC(=O)OCC[Si](C)(C)C)cc1Nc1nc(N2C[C@@H](F)[C@H](NC(=O)OC(C)(C)C)C2)nc2c1ncn2C. The molecule has 17 nitrogen and oxygen atoms in total. The molecule has 4 rings (SSSR count). The number of fused-ring (bicyclic) bond motifs is 1. The maximum Gasteiger partial charge on any atom is 0.408 e. The number of hydrogen-bond acceptors (Lipinski definition) is 13. The van der Waals surface area contributed by atoms with Crippen LogP contribution < -0.4 is 25.6 Å². The number of carbonyl (C=O) groups excluding carboxylic acids is 2. The fourth-order valence-electron chi connectivity index (χ4n) is 4.83. The van der Waals surface area contributed by atoms with Gasteiger partial charge in [0.15, 0.2) is 17.0 Å². The first-order valence-electron chi connectivity index (χ1n) is 16.6. The van der Waals surface area contributed by atoms with Crippen LogP contribution in [0.3, 0.4) is 0 Å². The Morgan fingerprint density at radius 3 is 2.48 bits per heavy atom. The number of methoxy groups -OCH3 is 1. The zero-order valence-electron chi connectivity index (χ0n) is 30.2. The van der Waals surface area contributed by atoms with E-state index in [1.807, 2.05) is 0 Å². The molecule has 1 aliphatic heterocycles. The molecule has 2 amide bonds. The van der Waals surface area contributed by atoms with Crippen LogP contribution in [0.15, 0.2) is 12.5 Å². The summed E-state index contributed by atoms with van der Waals surface area (Å²) in [5.41, 5.74) is 0.868. The smallest absolute Gasteiger partial charge is 0.408 e. The Balaban J connectivity index is 1.27. The molecule has 1 fully saturated rings. The number of rotatable bonds is 17. The van der Waals surface area contributed by atoms with Crippen LogP contribution in [0.5, 0.6) is 5.88 Å². The largest absolute Gasteiger partial charge is 0.478 e. The number of aryl methyl sites for hydroxylation is 1. The van der Waals surface area contributed by atoms with Crippen LogP contribution in [0, 0.1) is 0 Å². The molecule has 278 valence electrons. The Hall–Kier alpha value is -4.23. The number of aromatic nitrogens is 6. The van der Waals surface area contributed by atoms with Crippen molar-refractivity contribution in [2.24, 2.45) is 7.05 Å². The second-order valence-corrected chi connectivity index (χ2v) is 19.7. The lowest BCUT2D eigenvalue weighted by Gasteiger charge is -2.22. The molecule has 0 bridgehead atoms. The molecule has 3 aromatic rings. The van der Waals surface area contributed by atoms with Gasteiger partial charge in [0, 0.05) is 28.2 Å². The molecule has 0 radical (unpaired) electrons. The second-order valence-electron chi connectivity index (χ2n) is 14.1. The van der Waals surface area contributed by atoms with Crippen molar-refractivity contribution in [2.75, 3.05) is 70.0 Å². The van der Waals surface area contributed by atoms with Gasteiger partial charge in [-0.25, -0.2) is 19.0 Å². The quantitative estimate of drug-likeness (QED) is 0.136. The lowest BCUT2D eigenvalue weighted by Crippen LogP contribution is -2.44. The minimum Gasteiger partial charge on any atom is -0.478 e. The van der Waals surface area contributed by atoms with E-state index in [2.05, 4.69) is 55.6 Å². The summed E-state index contributed by atoms with van der Waals surface area (Å²) in [5, 5.41) is 13.0. The zero-order chi connectivity index (χ0) is 36.5. The fourth-order valence-corrected chi connectivity index (χ4v) is 5.55. The van der Waals surface area contributed by atoms with Crippen molar-refractivity contribution in [3.63, 3.8) is 0 Å². The third kappa shape index (κ3) is 11.7. The first-order valence-corrected chi connectivity index (χ1v) is 20.3. The van der Waals surface area contributed by atoms with Crippen molar-refractivity contribution in [3.05, 3.63) is 12.5 Å². The van der Waals surface area contributed by atoms with Crippen LogP contribution in [-0.2, 0) is 32.5 Å². The topological polar surface area (TPSA) is 181 Å². The Bertz CT molecular complexity index is 1580. The number of alkyl carbamates (subject to hydrolysis) is 2. The predicted molar refractivity (Wildman–Crippen MR) is 188 cm³/mol. The standard InChI is InChI=1S/C31H51FN10O7Si/c1-31(2,3)49-30(44)36-22-18-41(17-21(22)32)28-37-25(24-26(38-28)40(4)20-34-24)35-23-19-42(39-27(23)45-5)10-12-47-14-13-46-11-9-33-29(43)48-15-16-50(6,7)8/h19-22H,9-18H2,1-8H3,(H,33,43)(H,36,44)(H,35,37,38)/t21-,22-/m1/s1. The van der Waals surface area contributed by atoms with Gasteiger partial charge in [-0.3, -0.25) is 4.68 Å². The maximum absolute atomic E-state index is 15.0. The van der Waals surface area contributed by atoms with Gasteiger partial charge in [0.05, 0.1) is 71.8 Å². The van der Waals surface area contributed by atoms with Crippen LogP contribution in [0.1, 0.15) is 20.8 Å². The van der Waals surface area contributed by atoms with Crippen molar-refractivity contribution in [1.29, 1.82) is 0 Å². The van der Waals surface area contributed by atoms with E-state index in [4.69, 9.17) is 23.7 Å². The van der Waals surface area contributed by atoms with Gasteiger partial charge in [0.25, 0.3) is 5.88 Å².